The number of nitrogens with one attached hydrogen (secondary N) is 2. The first-order valence-electron chi connectivity index (χ1n) is 9.15. The molecule has 0 heterocycles. The van der Waals surface area contributed by atoms with E-state index < -0.39 is 16.1 Å². The molecule has 0 spiro atoms. The zero-order valence-electron chi connectivity index (χ0n) is 16.4. The van der Waals surface area contributed by atoms with E-state index in [0.717, 1.165) is 5.56 Å². The number of amides is 1. The summed E-state index contributed by atoms with van der Waals surface area (Å²) in [4.78, 5) is 12.4. The van der Waals surface area contributed by atoms with Crippen LogP contribution >= 0.6 is 11.6 Å². The summed E-state index contributed by atoms with van der Waals surface area (Å²) >= 11 is 5.83. The molecule has 0 aromatic heterocycles. The molecule has 0 unspecified atom stereocenters. The second kappa shape index (κ2) is 9.19. The first-order chi connectivity index (χ1) is 14.2. The maximum atomic E-state index is 12.5. The third-order valence-electron chi connectivity index (χ3n) is 4.23. The SMILES string of the molecule is Cc1ccc(NS(=O)(=O)c2ccc(NC(=O)[C@@H](C)Oc3ccc(Cl)cc3)cc2)cc1. The van der Waals surface area contributed by atoms with Gasteiger partial charge in [0.15, 0.2) is 6.10 Å². The first kappa shape index (κ1) is 21.7. The molecule has 156 valence electrons. The van der Waals surface area contributed by atoms with Crippen LogP contribution in [0.5, 0.6) is 5.75 Å². The lowest BCUT2D eigenvalue weighted by Crippen LogP contribution is -2.30. The summed E-state index contributed by atoms with van der Waals surface area (Å²) in [6.07, 6.45) is -0.752. The molecular formula is C22H21ClN2O4S. The van der Waals surface area contributed by atoms with Gasteiger partial charge in [0.1, 0.15) is 5.75 Å². The molecule has 0 saturated heterocycles. The van der Waals surface area contributed by atoms with Crippen LogP contribution in [0.2, 0.25) is 5.02 Å². The van der Waals surface area contributed by atoms with Gasteiger partial charge in [-0.25, -0.2) is 8.42 Å². The van der Waals surface area contributed by atoms with Gasteiger partial charge in [-0.1, -0.05) is 29.3 Å². The van der Waals surface area contributed by atoms with E-state index in [1.165, 1.54) is 24.3 Å². The molecule has 3 aromatic carbocycles. The standard InChI is InChI=1S/C22H21ClN2O4S/c1-15-3-7-19(8-4-15)25-30(27,28)21-13-9-18(10-14-21)24-22(26)16(2)29-20-11-5-17(23)6-12-20/h3-14,16,25H,1-2H3,(H,24,26)/t16-/m1/s1. The minimum absolute atomic E-state index is 0.0894. The number of benzene rings is 3. The van der Waals surface area contributed by atoms with Crippen molar-refractivity contribution < 1.29 is 17.9 Å². The highest BCUT2D eigenvalue weighted by molar-refractivity contribution is 7.92. The van der Waals surface area contributed by atoms with Crippen LogP contribution < -0.4 is 14.8 Å². The predicted octanol–water partition coefficient (Wildman–Crippen LogP) is 4.86. The second-order valence-corrected chi connectivity index (χ2v) is 8.82. The number of aryl methyl sites for hydroxylation is 1. The zero-order valence-corrected chi connectivity index (χ0v) is 18.0. The number of carbonyl (C=O) groups excluding carboxylic acids is 1. The van der Waals surface area contributed by atoms with E-state index in [0.29, 0.717) is 22.1 Å². The van der Waals surface area contributed by atoms with Crippen LogP contribution in [0, 0.1) is 6.92 Å². The van der Waals surface area contributed by atoms with Crippen molar-refractivity contribution in [2.75, 3.05) is 10.0 Å². The Hall–Kier alpha value is -3.03. The summed E-state index contributed by atoms with van der Waals surface area (Å²) < 4.78 is 33.2. The molecule has 2 N–H and O–H groups in total. The van der Waals surface area contributed by atoms with Crippen LogP contribution in [0.1, 0.15) is 12.5 Å². The van der Waals surface area contributed by atoms with E-state index in [4.69, 9.17) is 16.3 Å². The molecule has 30 heavy (non-hydrogen) atoms. The number of carbonyl (C=O) groups is 1. The number of halogens is 1. The number of sulfonamides is 1. The summed E-state index contributed by atoms with van der Waals surface area (Å²) in [5.41, 5.74) is 1.97. The molecule has 0 aliphatic rings. The largest absolute Gasteiger partial charge is 0.481 e. The normalized spacial score (nSPS) is 12.1. The number of ether oxygens (including phenoxy) is 1. The Labute approximate surface area is 180 Å². The van der Waals surface area contributed by atoms with Crippen LogP contribution in [0.4, 0.5) is 11.4 Å². The fraction of sp³-hybridized carbons (Fsp3) is 0.136. The summed E-state index contributed by atoms with van der Waals surface area (Å²) in [5, 5.41) is 3.28. The minimum atomic E-state index is -3.73. The minimum Gasteiger partial charge on any atom is -0.481 e. The lowest BCUT2D eigenvalue weighted by Gasteiger charge is -2.15. The highest BCUT2D eigenvalue weighted by Crippen LogP contribution is 2.20. The number of hydrogen-bond acceptors (Lipinski definition) is 4. The molecule has 0 radical (unpaired) electrons. The Kier molecular flexibility index (Phi) is 6.64. The second-order valence-electron chi connectivity index (χ2n) is 6.70. The number of hydrogen-bond donors (Lipinski definition) is 2. The van der Waals surface area contributed by atoms with Gasteiger partial charge in [-0.2, -0.15) is 0 Å². The fourth-order valence-corrected chi connectivity index (χ4v) is 3.75. The monoisotopic (exact) mass is 444 g/mol. The van der Waals surface area contributed by atoms with Crippen molar-refractivity contribution in [2.24, 2.45) is 0 Å². The fourth-order valence-electron chi connectivity index (χ4n) is 2.57. The zero-order chi connectivity index (χ0) is 21.7. The maximum Gasteiger partial charge on any atom is 0.265 e. The molecule has 0 aliphatic carbocycles. The smallest absolute Gasteiger partial charge is 0.265 e. The van der Waals surface area contributed by atoms with Crippen LogP contribution in [0.15, 0.2) is 77.7 Å². The molecule has 0 bridgehead atoms. The molecule has 0 fully saturated rings. The lowest BCUT2D eigenvalue weighted by molar-refractivity contribution is -0.122. The molecule has 6 nitrogen and oxygen atoms in total. The van der Waals surface area contributed by atoms with E-state index >= 15 is 0 Å². The summed E-state index contributed by atoms with van der Waals surface area (Å²) in [5.74, 6) is 0.156. The molecule has 0 aliphatic heterocycles. The van der Waals surface area contributed by atoms with E-state index in [1.807, 2.05) is 19.1 Å². The third-order valence-corrected chi connectivity index (χ3v) is 5.88. The summed E-state index contributed by atoms with van der Waals surface area (Å²) in [7, 11) is -3.73. The third kappa shape index (κ3) is 5.75. The van der Waals surface area contributed by atoms with Gasteiger partial charge >= 0.3 is 0 Å². The van der Waals surface area contributed by atoms with Crippen LogP contribution in [0.25, 0.3) is 0 Å². The maximum absolute atomic E-state index is 12.5. The Morgan fingerprint density at radius 1 is 0.900 bits per heavy atom. The van der Waals surface area contributed by atoms with E-state index in [9.17, 15) is 13.2 Å². The van der Waals surface area contributed by atoms with Crippen LogP contribution in [-0.2, 0) is 14.8 Å². The Balaban J connectivity index is 1.62. The van der Waals surface area contributed by atoms with Crippen molar-refractivity contribution in [3.63, 3.8) is 0 Å². The molecule has 3 rings (SSSR count). The van der Waals surface area contributed by atoms with Crippen molar-refractivity contribution >= 4 is 38.9 Å². The van der Waals surface area contributed by atoms with Crippen molar-refractivity contribution in [1.82, 2.24) is 0 Å². The quantitative estimate of drug-likeness (QED) is 0.545. The van der Waals surface area contributed by atoms with Crippen molar-refractivity contribution in [1.29, 1.82) is 0 Å². The average molecular weight is 445 g/mol. The molecule has 8 heteroatoms. The average Bonchev–Trinajstić information content (AvgIpc) is 2.71. The van der Waals surface area contributed by atoms with E-state index in [2.05, 4.69) is 10.0 Å². The van der Waals surface area contributed by atoms with Gasteiger partial charge in [-0.15, -0.1) is 0 Å². The van der Waals surface area contributed by atoms with Gasteiger partial charge in [0.2, 0.25) is 0 Å². The number of rotatable bonds is 7. The van der Waals surface area contributed by atoms with Crippen molar-refractivity contribution in [2.45, 2.75) is 24.8 Å². The van der Waals surface area contributed by atoms with Crippen LogP contribution in [0.3, 0.4) is 0 Å². The van der Waals surface area contributed by atoms with E-state index in [1.54, 1.807) is 43.3 Å². The highest BCUT2D eigenvalue weighted by atomic mass is 35.5. The molecule has 3 aromatic rings. The highest BCUT2D eigenvalue weighted by Gasteiger charge is 2.17. The lowest BCUT2D eigenvalue weighted by atomic mass is 10.2. The van der Waals surface area contributed by atoms with Crippen molar-refractivity contribution in [3.05, 3.63) is 83.4 Å². The van der Waals surface area contributed by atoms with Gasteiger partial charge < -0.3 is 10.1 Å². The van der Waals surface area contributed by atoms with Gasteiger partial charge in [0.25, 0.3) is 15.9 Å². The van der Waals surface area contributed by atoms with Gasteiger partial charge in [-0.3, -0.25) is 9.52 Å². The van der Waals surface area contributed by atoms with Crippen molar-refractivity contribution in [3.8, 4) is 5.75 Å². The molecular weight excluding hydrogens is 424 g/mol. The van der Waals surface area contributed by atoms with Gasteiger partial charge in [-0.05, 0) is 74.5 Å². The molecule has 1 amide bonds. The van der Waals surface area contributed by atoms with Crippen LogP contribution in [-0.4, -0.2) is 20.4 Å². The van der Waals surface area contributed by atoms with Gasteiger partial charge in [0.05, 0.1) is 4.90 Å². The Bertz CT molecular complexity index is 1110. The number of anilines is 2. The summed E-state index contributed by atoms with van der Waals surface area (Å²) in [6.45, 7) is 3.54. The molecule has 1 atom stereocenters. The predicted molar refractivity (Wildman–Crippen MR) is 119 cm³/mol. The Morgan fingerprint density at radius 3 is 2.07 bits per heavy atom. The van der Waals surface area contributed by atoms with E-state index in [-0.39, 0.29) is 10.8 Å². The summed E-state index contributed by atoms with van der Waals surface area (Å²) in [6, 6.07) is 19.6. The Morgan fingerprint density at radius 2 is 1.47 bits per heavy atom. The van der Waals surface area contributed by atoms with Gasteiger partial charge in [0, 0.05) is 16.4 Å². The molecule has 0 saturated carbocycles. The first-order valence-corrected chi connectivity index (χ1v) is 11.0. The topological polar surface area (TPSA) is 84.5 Å².